The van der Waals surface area contributed by atoms with Crippen LogP contribution >= 0.6 is 11.8 Å². The maximum Gasteiger partial charge on any atom is 0.0158 e. The summed E-state index contributed by atoms with van der Waals surface area (Å²) in [6.45, 7) is 7.95. The van der Waals surface area contributed by atoms with E-state index in [4.69, 9.17) is 0 Å². The average Bonchev–Trinajstić information content (AvgIpc) is 2.21. The van der Waals surface area contributed by atoms with Gasteiger partial charge in [-0.3, -0.25) is 0 Å². The lowest BCUT2D eigenvalue weighted by Crippen LogP contribution is -2.32. The first-order valence-corrected chi connectivity index (χ1v) is 7.31. The summed E-state index contributed by atoms with van der Waals surface area (Å²) in [5, 5.41) is 3.64. The van der Waals surface area contributed by atoms with Crippen LogP contribution in [-0.4, -0.2) is 24.1 Å². The van der Waals surface area contributed by atoms with Gasteiger partial charge in [0, 0.05) is 11.8 Å². The summed E-state index contributed by atoms with van der Waals surface area (Å²) in [7, 11) is 0. The van der Waals surface area contributed by atoms with Crippen LogP contribution in [0.4, 0.5) is 0 Å². The van der Waals surface area contributed by atoms with Gasteiger partial charge in [0.15, 0.2) is 0 Å². The van der Waals surface area contributed by atoms with Crippen LogP contribution in [0, 0.1) is 0 Å². The standard InChI is InChI=1S/C12H27NS/c1-4-7-8-12(13-9-5-2)11-14-10-6-3/h12-13H,4-11H2,1-3H3. The van der Waals surface area contributed by atoms with Crippen LogP contribution in [0.15, 0.2) is 0 Å². The number of rotatable bonds is 10. The molecule has 86 valence electrons. The fraction of sp³-hybridized carbons (Fsp3) is 1.00. The van der Waals surface area contributed by atoms with Crippen molar-refractivity contribution in [3.05, 3.63) is 0 Å². The fourth-order valence-corrected chi connectivity index (χ4v) is 2.44. The summed E-state index contributed by atoms with van der Waals surface area (Å²) >= 11 is 2.10. The van der Waals surface area contributed by atoms with Crippen molar-refractivity contribution >= 4 is 11.8 Å². The molecule has 1 N–H and O–H groups in total. The lowest BCUT2D eigenvalue weighted by Gasteiger charge is -2.17. The fourth-order valence-electron chi connectivity index (χ4n) is 1.41. The van der Waals surface area contributed by atoms with Crippen molar-refractivity contribution in [2.24, 2.45) is 0 Å². The third kappa shape index (κ3) is 8.89. The monoisotopic (exact) mass is 217 g/mol. The zero-order valence-electron chi connectivity index (χ0n) is 10.1. The van der Waals surface area contributed by atoms with Gasteiger partial charge in [0.05, 0.1) is 0 Å². The zero-order valence-corrected chi connectivity index (χ0v) is 11.0. The molecule has 0 radical (unpaired) electrons. The van der Waals surface area contributed by atoms with E-state index >= 15 is 0 Å². The summed E-state index contributed by atoms with van der Waals surface area (Å²) in [6, 6.07) is 0.756. The molecular weight excluding hydrogens is 190 g/mol. The molecule has 1 unspecified atom stereocenters. The summed E-state index contributed by atoms with van der Waals surface area (Å²) in [4.78, 5) is 0. The van der Waals surface area contributed by atoms with E-state index in [1.807, 2.05) is 0 Å². The van der Waals surface area contributed by atoms with Crippen LogP contribution in [0.25, 0.3) is 0 Å². The van der Waals surface area contributed by atoms with Gasteiger partial charge < -0.3 is 5.32 Å². The maximum absolute atomic E-state index is 3.64. The van der Waals surface area contributed by atoms with Crippen LogP contribution in [0.2, 0.25) is 0 Å². The van der Waals surface area contributed by atoms with Gasteiger partial charge in [-0.25, -0.2) is 0 Å². The predicted molar refractivity (Wildman–Crippen MR) is 69.2 cm³/mol. The van der Waals surface area contributed by atoms with Crippen LogP contribution in [0.3, 0.4) is 0 Å². The number of hydrogen-bond donors (Lipinski definition) is 1. The van der Waals surface area contributed by atoms with Crippen LogP contribution < -0.4 is 5.32 Å². The topological polar surface area (TPSA) is 12.0 Å². The minimum Gasteiger partial charge on any atom is -0.313 e. The molecule has 0 aliphatic heterocycles. The van der Waals surface area contributed by atoms with Crippen molar-refractivity contribution in [1.82, 2.24) is 5.32 Å². The van der Waals surface area contributed by atoms with E-state index in [0.717, 1.165) is 6.04 Å². The van der Waals surface area contributed by atoms with Crippen LogP contribution in [0.1, 0.15) is 52.9 Å². The molecule has 0 aliphatic rings. The smallest absolute Gasteiger partial charge is 0.0158 e. The summed E-state index contributed by atoms with van der Waals surface area (Å²) < 4.78 is 0. The van der Waals surface area contributed by atoms with Gasteiger partial charge in [0.25, 0.3) is 0 Å². The van der Waals surface area contributed by atoms with Crippen molar-refractivity contribution in [1.29, 1.82) is 0 Å². The Kier molecular flexibility index (Phi) is 11.6. The van der Waals surface area contributed by atoms with E-state index in [1.165, 1.54) is 50.2 Å². The minimum absolute atomic E-state index is 0.756. The van der Waals surface area contributed by atoms with Gasteiger partial charge in [-0.15, -0.1) is 0 Å². The van der Waals surface area contributed by atoms with Crippen molar-refractivity contribution in [3.63, 3.8) is 0 Å². The van der Waals surface area contributed by atoms with Crippen molar-refractivity contribution in [2.45, 2.75) is 58.9 Å². The zero-order chi connectivity index (χ0) is 10.6. The van der Waals surface area contributed by atoms with E-state index < -0.39 is 0 Å². The largest absolute Gasteiger partial charge is 0.313 e. The molecule has 0 rings (SSSR count). The third-order valence-corrected chi connectivity index (χ3v) is 3.59. The van der Waals surface area contributed by atoms with E-state index in [1.54, 1.807) is 0 Å². The molecule has 0 aromatic carbocycles. The van der Waals surface area contributed by atoms with E-state index in [0.29, 0.717) is 0 Å². The van der Waals surface area contributed by atoms with Gasteiger partial charge in [-0.2, -0.15) is 11.8 Å². The summed E-state index contributed by atoms with van der Waals surface area (Å²) in [6.07, 6.45) is 6.60. The first-order valence-electron chi connectivity index (χ1n) is 6.16. The lowest BCUT2D eigenvalue weighted by molar-refractivity contribution is 0.501. The molecule has 2 heteroatoms. The normalized spacial score (nSPS) is 13.1. The van der Waals surface area contributed by atoms with Gasteiger partial charge in [0.2, 0.25) is 0 Å². The van der Waals surface area contributed by atoms with Gasteiger partial charge in [-0.1, -0.05) is 33.6 Å². The average molecular weight is 217 g/mol. The number of thioether (sulfide) groups is 1. The molecule has 0 aliphatic carbocycles. The molecule has 0 heterocycles. The molecule has 0 amide bonds. The highest BCUT2D eigenvalue weighted by atomic mass is 32.2. The number of hydrogen-bond acceptors (Lipinski definition) is 2. The second-order valence-electron chi connectivity index (χ2n) is 3.87. The van der Waals surface area contributed by atoms with E-state index in [2.05, 4.69) is 37.8 Å². The lowest BCUT2D eigenvalue weighted by atomic mass is 10.1. The number of nitrogens with one attached hydrogen (secondary N) is 1. The Bertz CT molecular complexity index is 98.5. The Hall–Kier alpha value is 0.310. The van der Waals surface area contributed by atoms with Gasteiger partial charge in [-0.05, 0) is 31.6 Å². The predicted octanol–water partition coefficient (Wildman–Crippen LogP) is 3.69. The van der Waals surface area contributed by atoms with Crippen LogP contribution in [-0.2, 0) is 0 Å². The molecule has 0 spiro atoms. The third-order valence-electron chi connectivity index (χ3n) is 2.26. The Balaban J connectivity index is 3.49. The maximum atomic E-state index is 3.64. The first-order chi connectivity index (χ1) is 6.85. The number of unbranched alkanes of at least 4 members (excludes halogenated alkanes) is 1. The van der Waals surface area contributed by atoms with Crippen molar-refractivity contribution in [2.75, 3.05) is 18.1 Å². The molecule has 1 atom stereocenters. The molecule has 0 bridgehead atoms. The molecule has 0 aromatic heterocycles. The highest BCUT2D eigenvalue weighted by molar-refractivity contribution is 7.99. The molecular formula is C12H27NS. The second kappa shape index (κ2) is 11.4. The minimum atomic E-state index is 0.756. The molecule has 0 saturated heterocycles. The SMILES string of the molecule is CCCCC(CSCCC)NCCC. The van der Waals surface area contributed by atoms with E-state index in [9.17, 15) is 0 Å². The Morgan fingerprint density at radius 2 is 1.86 bits per heavy atom. The summed E-state index contributed by atoms with van der Waals surface area (Å²) in [5.41, 5.74) is 0. The molecule has 1 nitrogen and oxygen atoms in total. The molecule has 0 aromatic rings. The Labute approximate surface area is 94.4 Å². The Morgan fingerprint density at radius 1 is 1.07 bits per heavy atom. The van der Waals surface area contributed by atoms with Crippen molar-refractivity contribution in [3.8, 4) is 0 Å². The highest BCUT2D eigenvalue weighted by Crippen LogP contribution is 2.09. The highest BCUT2D eigenvalue weighted by Gasteiger charge is 2.06. The van der Waals surface area contributed by atoms with Gasteiger partial charge in [0.1, 0.15) is 0 Å². The Morgan fingerprint density at radius 3 is 2.43 bits per heavy atom. The quantitative estimate of drug-likeness (QED) is 0.560. The first kappa shape index (κ1) is 14.3. The molecule has 0 saturated carbocycles. The van der Waals surface area contributed by atoms with E-state index in [-0.39, 0.29) is 0 Å². The summed E-state index contributed by atoms with van der Waals surface area (Å²) in [5.74, 6) is 2.62. The van der Waals surface area contributed by atoms with Crippen molar-refractivity contribution < 1.29 is 0 Å². The molecule has 14 heavy (non-hydrogen) atoms. The van der Waals surface area contributed by atoms with Gasteiger partial charge >= 0.3 is 0 Å². The second-order valence-corrected chi connectivity index (χ2v) is 5.02. The molecule has 0 fully saturated rings. The van der Waals surface area contributed by atoms with Crippen LogP contribution in [0.5, 0.6) is 0 Å².